The second-order valence-corrected chi connectivity index (χ2v) is 7.41. The Balaban J connectivity index is 1.72. The number of aliphatic carboxylic acids is 1. The zero-order chi connectivity index (χ0) is 18.1. The Hall–Kier alpha value is -1.66. The molecule has 1 aromatic carbocycles. The predicted molar refractivity (Wildman–Crippen MR) is 99.5 cm³/mol. The smallest absolute Gasteiger partial charge is 0.303 e. The molecule has 1 aliphatic rings. The number of allylic oxidation sites excluding steroid dienone is 2. The van der Waals surface area contributed by atoms with E-state index < -0.39 is 17.2 Å². The highest BCUT2D eigenvalue weighted by Gasteiger charge is 2.28. The molecule has 0 radical (unpaired) electrons. The third-order valence-electron chi connectivity index (χ3n) is 4.47. The molecular formula is C19H27NO4S. The second kappa shape index (κ2) is 10.4. The van der Waals surface area contributed by atoms with Gasteiger partial charge < -0.3 is 9.29 Å². The molecule has 6 heteroatoms. The topological polar surface area (TPSA) is 75.6 Å². The molecule has 1 aliphatic carbocycles. The maximum atomic E-state index is 12.2. The van der Waals surface area contributed by atoms with E-state index in [1.807, 2.05) is 31.2 Å². The fraction of sp³-hybridized carbons (Fsp3) is 0.526. The molecule has 0 spiro atoms. The quantitative estimate of drug-likeness (QED) is 0.487. The standard InChI is InChI=1S/C19H27NO4S/c1-15-11-13-17(14-12-15)24-25(23)20-18-9-6-8-16(18)7-4-2-3-5-10-19(21)22/h2,4,11-14,16,18,20H,3,5-10H2,1H3,(H,21,22). The molecule has 1 fully saturated rings. The van der Waals surface area contributed by atoms with E-state index in [1.165, 1.54) is 0 Å². The predicted octanol–water partition coefficient (Wildman–Crippen LogP) is 3.91. The summed E-state index contributed by atoms with van der Waals surface area (Å²) in [5, 5.41) is 8.61. The monoisotopic (exact) mass is 365 g/mol. The molecule has 25 heavy (non-hydrogen) atoms. The third-order valence-corrected chi connectivity index (χ3v) is 5.31. The van der Waals surface area contributed by atoms with Crippen molar-refractivity contribution < 1.29 is 18.3 Å². The van der Waals surface area contributed by atoms with E-state index in [9.17, 15) is 9.00 Å². The number of hydrogen-bond acceptors (Lipinski definition) is 3. The summed E-state index contributed by atoms with van der Waals surface area (Å²) in [5.74, 6) is 0.301. The van der Waals surface area contributed by atoms with Crippen molar-refractivity contribution in [1.29, 1.82) is 0 Å². The van der Waals surface area contributed by atoms with E-state index in [2.05, 4.69) is 16.9 Å². The van der Waals surface area contributed by atoms with Crippen molar-refractivity contribution in [2.45, 2.75) is 57.9 Å². The van der Waals surface area contributed by atoms with Crippen LogP contribution >= 0.6 is 0 Å². The minimum absolute atomic E-state index is 0.190. The molecule has 1 aromatic rings. The maximum absolute atomic E-state index is 12.2. The van der Waals surface area contributed by atoms with Crippen molar-refractivity contribution in [3.8, 4) is 5.75 Å². The lowest BCUT2D eigenvalue weighted by atomic mass is 10.00. The van der Waals surface area contributed by atoms with Crippen molar-refractivity contribution >= 4 is 17.2 Å². The van der Waals surface area contributed by atoms with Gasteiger partial charge in [-0.15, -0.1) is 0 Å². The maximum Gasteiger partial charge on any atom is 0.303 e. The van der Waals surface area contributed by atoms with E-state index in [0.717, 1.165) is 37.7 Å². The zero-order valence-electron chi connectivity index (χ0n) is 14.6. The third kappa shape index (κ3) is 7.40. The molecule has 2 N–H and O–H groups in total. The molecule has 0 saturated heterocycles. The highest BCUT2D eigenvalue weighted by molar-refractivity contribution is 7.78. The van der Waals surface area contributed by atoms with Crippen LogP contribution in [0.3, 0.4) is 0 Å². The van der Waals surface area contributed by atoms with E-state index in [1.54, 1.807) is 0 Å². The van der Waals surface area contributed by atoms with Gasteiger partial charge in [-0.1, -0.05) is 36.3 Å². The van der Waals surface area contributed by atoms with Crippen molar-refractivity contribution in [3.63, 3.8) is 0 Å². The Morgan fingerprint density at radius 1 is 1.32 bits per heavy atom. The number of hydrogen-bond donors (Lipinski definition) is 2. The summed E-state index contributed by atoms with van der Waals surface area (Å²) in [6.07, 6.45) is 10.0. The molecule has 0 aliphatic heterocycles. The van der Waals surface area contributed by atoms with Crippen LogP contribution in [0.15, 0.2) is 36.4 Å². The fourth-order valence-corrected chi connectivity index (χ4v) is 3.95. The number of nitrogens with one attached hydrogen (secondary N) is 1. The molecule has 2 rings (SSSR count). The van der Waals surface area contributed by atoms with Crippen LogP contribution in [0.4, 0.5) is 0 Å². The number of unbranched alkanes of at least 4 members (excludes halogenated alkanes) is 1. The summed E-state index contributed by atoms with van der Waals surface area (Å²) in [6, 6.07) is 7.69. The molecule has 0 bridgehead atoms. The van der Waals surface area contributed by atoms with Gasteiger partial charge in [0.25, 0.3) is 11.3 Å². The van der Waals surface area contributed by atoms with Crippen molar-refractivity contribution in [2.24, 2.45) is 5.92 Å². The van der Waals surface area contributed by atoms with Crippen molar-refractivity contribution in [2.75, 3.05) is 0 Å². The molecule has 3 atom stereocenters. The van der Waals surface area contributed by atoms with Crippen molar-refractivity contribution in [3.05, 3.63) is 42.0 Å². The lowest BCUT2D eigenvalue weighted by Gasteiger charge is -2.18. The largest absolute Gasteiger partial charge is 0.481 e. The van der Waals surface area contributed by atoms with E-state index >= 15 is 0 Å². The number of carboxylic acid groups (broad SMARTS) is 1. The highest BCUT2D eigenvalue weighted by Crippen LogP contribution is 2.29. The summed E-state index contributed by atoms with van der Waals surface area (Å²) in [6.45, 7) is 2.00. The fourth-order valence-electron chi connectivity index (χ4n) is 3.06. The first-order valence-electron chi connectivity index (χ1n) is 8.84. The number of rotatable bonds is 10. The van der Waals surface area contributed by atoms with E-state index in [4.69, 9.17) is 9.29 Å². The van der Waals surface area contributed by atoms with Gasteiger partial charge in [-0.2, -0.15) is 4.21 Å². The van der Waals surface area contributed by atoms with Gasteiger partial charge in [-0.3, -0.25) is 4.79 Å². The summed E-state index contributed by atoms with van der Waals surface area (Å²) in [7, 11) is 0. The Kier molecular flexibility index (Phi) is 8.15. The highest BCUT2D eigenvalue weighted by atomic mass is 32.2. The van der Waals surface area contributed by atoms with Crippen LogP contribution in [-0.2, 0) is 16.1 Å². The summed E-state index contributed by atoms with van der Waals surface area (Å²) < 4.78 is 20.7. The number of carbonyl (C=O) groups is 1. The van der Waals surface area contributed by atoms with Crippen LogP contribution in [0.2, 0.25) is 0 Å². The normalized spacial score (nSPS) is 21.5. The molecule has 0 aromatic heterocycles. The van der Waals surface area contributed by atoms with E-state index in [0.29, 0.717) is 18.1 Å². The van der Waals surface area contributed by atoms with Crippen LogP contribution in [0.25, 0.3) is 0 Å². The molecule has 0 heterocycles. The number of aryl methyl sites for hydroxylation is 1. The lowest BCUT2D eigenvalue weighted by Crippen LogP contribution is -2.35. The van der Waals surface area contributed by atoms with Gasteiger partial charge in [-0.25, -0.2) is 4.72 Å². The van der Waals surface area contributed by atoms with Gasteiger partial charge >= 0.3 is 5.97 Å². The SMILES string of the molecule is Cc1ccc(OS(=O)NC2CCCC2CC=CCCCC(=O)O)cc1. The van der Waals surface area contributed by atoms with E-state index in [-0.39, 0.29) is 12.5 Å². The Morgan fingerprint density at radius 2 is 2.08 bits per heavy atom. The molecule has 1 saturated carbocycles. The van der Waals surface area contributed by atoms with Crippen LogP contribution in [0.1, 0.15) is 50.5 Å². The molecule has 0 amide bonds. The zero-order valence-corrected chi connectivity index (χ0v) is 15.5. The van der Waals surface area contributed by atoms with Gasteiger partial charge in [0.2, 0.25) is 0 Å². The van der Waals surface area contributed by atoms with Crippen molar-refractivity contribution in [1.82, 2.24) is 4.72 Å². The first kappa shape index (κ1) is 19.7. The van der Waals surface area contributed by atoms with Crippen LogP contribution in [-0.4, -0.2) is 21.3 Å². The molecule has 138 valence electrons. The summed E-state index contributed by atoms with van der Waals surface area (Å²) in [4.78, 5) is 10.5. The Morgan fingerprint density at radius 3 is 2.80 bits per heavy atom. The summed E-state index contributed by atoms with van der Waals surface area (Å²) >= 11 is -1.54. The minimum atomic E-state index is -1.54. The molecule has 3 unspecified atom stereocenters. The second-order valence-electron chi connectivity index (χ2n) is 6.54. The van der Waals surface area contributed by atoms with Gasteiger partial charge in [-0.05, 0) is 57.1 Å². The summed E-state index contributed by atoms with van der Waals surface area (Å²) in [5.41, 5.74) is 1.14. The van der Waals surface area contributed by atoms with Gasteiger partial charge in [0.05, 0.1) is 0 Å². The average Bonchev–Trinajstić information content (AvgIpc) is 2.99. The number of carboxylic acids is 1. The average molecular weight is 365 g/mol. The first-order valence-corrected chi connectivity index (χ1v) is 9.92. The Labute approximate surface area is 152 Å². The van der Waals surface area contributed by atoms with Gasteiger partial charge in [0, 0.05) is 12.5 Å². The van der Waals surface area contributed by atoms with Crippen LogP contribution in [0.5, 0.6) is 5.75 Å². The molecule has 5 nitrogen and oxygen atoms in total. The minimum Gasteiger partial charge on any atom is -0.481 e. The number of benzene rings is 1. The van der Waals surface area contributed by atoms with Crippen LogP contribution < -0.4 is 8.91 Å². The molecular weight excluding hydrogens is 338 g/mol. The Bertz CT molecular complexity index is 600. The van der Waals surface area contributed by atoms with Gasteiger partial charge in [0.15, 0.2) is 0 Å². The van der Waals surface area contributed by atoms with Crippen LogP contribution in [0, 0.1) is 12.8 Å². The lowest BCUT2D eigenvalue weighted by molar-refractivity contribution is -0.137. The first-order chi connectivity index (χ1) is 12.0. The van der Waals surface area contributed by atoms with Gasteiger partial charge in [0.1, 0.15) is 5.75 Å².